The molecule has 0 spiro atoms. The van der Waals surface area contributed by atoms with Crippen LogP contribution in [-0.4, -0.2) is 21.8 Å². The average molecular weight is 470 g/mol. The molecule has 0 saturated carbocycles. The van der Waals surface area contributed by atoms with Gasteiger partial charge < -0.3 is 4.98 Å². The molecule has 4 aromatic rings. The van der Waals surface area contributed by atoms with Crippen LogP contribution in [0, 0.1) is 20.8 Å². The zero-order valence-electron chi connectivity index (χ0n) is 17.8. The molecule has 32 heavy (non-hydrogen) atoms. The molecule has 9 heteroatoms. The Labute approximate surface area is 187 Å². The molecule has 0 saturated heterocycles. The summed E-state index contributed by atoms with van der Waals surface area (Å²) in [6, 6.07) is 18.2. The van der Waals surface area contributed by atoms with Crippen molar-refractivity contribution >= 4 is 36.6 Å². The largest absolute Gasteiger partial charge is 0.339 e. The number of fused-ring (bicyclic) bond motifs is 1. The van der Waals surface area contributed by atoms with Crippen molar-refractivity contribution in [3.63, 3.8) is 0 Å². The van der Waals surface area contributed by atoms with Crippen LogP contribution in [0.1, 0.15) is 16.7 Å². The molecule has 1 aromatic heterocycles. The first-order chi connectivity index (χ1) is 15.1. The van der Waals surface area contributed by atoms with Crippen LogP contribution in [0.3, 0.4) is 0 Å². The molecule has 0 fully saturated rings. The summed E-state index contributed by atoms with van der Waals surface area (Å²) in [6.07, 6.45) is 0. The van der Waals surface area contributed by atoms with Gasteiger partial charge in [0.05, 0.1) is 9.79 Å². The van der Waals surface area contributed by atoms with Crippen LogP contribution in [0.5, 0.6) is 0 Å². The molecule has 0 bridgehead atoms. The van der Waals surface area contributed by atoms with E-state index in [1.165, 1.54) is 12.1 Å². The molecule has 0 aliphatic rings. The number of benzene rings is 3. The molecular weight excluding hydrogens is 446 g/mol. The molecule has 0 unspecified atom stereocenters. The molecule has 7 nitrogen and oxygen atoms in total. The zero-order valence-corrected chi connectivity index (χ0v) is 19.4. The highest BCUT2D eigenvalue weighted by atomic mass is 32.2. The minimum Gasteiger partial charge on any atom is -0.339 e. The topological polar surface area (TPSA) is 108 Å². The normalized spacial score (nSPS) is 12.2. The van der Waals surface area contributed by atoms with Crippen LogP contribution in [0.15, 0.2) is 81.4 Å². The molecular formula is C23H23N3O4S2. The Morgan fingerprint density at radius 1 is 0.688 bits per heavy atom. The number of rotatable bonds is 6. The van der Waals surface area contributed by atoms with Crippen molar-refractivity contribution in [2.24, 2.45) is 0 Å². The van der Waals surface area contributed by atoms with Gasteiger partial charge in [-0.05, 0) is 57.2 Å². The van der Waals surface area contributed by atoms with Crippen molar-refractivity contribution in [1.82, 2.24) is 9.82 Å². The number of hydrazine groups is 1. The molecule has 0 radical (unpaired) electrons. The predicted molar refractivity (Wildman–Crippen MR) is 125 cm³/mol. The first-order valence-electron chi connectivity index (χ1n) is 9.86. The van der Waals surface area contributed by atoms with E-state index in [0.29, 0.717) is 10.9 Å². The maximum absolute atomic E-state index is 13.5. The average Bonchev–Trinajstić information content (AvgIpc) is 3.11. The Balaban J connectivity index is 1.80. The van der Waals surface area contributed by atoms with Crippen LogP contribution in [0.2, 0.25) is 0 Å². The fraction of sp³-hybridized carbons (Fsp3) is 0.130. The van der Waals surface area contributed by atoms with Gasteiger partial charge in [0, 0.05) is 10.9 Å². The summed E-state index contributed by atoms with van der Waals surface area (Å²) in [5.41, 5.74) is 5.89. The molecule has 0 amide bonds. The number of hydrogen-bond acceptors (Lipinski definition) is 5. The van der Waals surface area contributed by atoms with Crippen LogP contribution < -0.4 is 10.3 Å². The Morgan fingerprint density at radius 2 is 1.22 bits per heavy atom. The van der Waals surface area contributed by atoms with Gasteiger partial charge in [-0.1, -0.05) is 47.0 Å². The lowest BCUT2D eigenvalue weighted by molar-refractivity contribution is 0.586. The Hall–Kier alpha value is -3.14. The number of anilines is 1. The molecule has 0 aliphatic carbocycles. The van der Waals surface area contributed by atoms with Gasteiger partial charge in [-0.3, -0.25) is 5.43 Å². The fourth-order valence-electron chi connectivity index (χ4n) is 3.38. The Morgan fingerprint density at radius 3 is 1.81 bits per heavy atom. The third-order valence-electron chi connectivity index (χ3n) is 5.15. The van der Waals surface area contributed by atoms with E-state index < -0.39 is 19.9 Å². The van der Waals surface area contributed by atoms with Gasteiger partial charge in [0.2, 0.25) is 9.84 Å². The second-order valence-electron chi connectivity index (χ2n) is 7.74. The first-order valence-corrected chi connectivity index (χ1v) is 12.8. The van der Waals surface area contributed by atoms with Crippen molar-refractivity contribution < 1.29 is 16.8 Å². The predicted octanol–water partition coefficient (Wildman–Crippen LogP) is 4.23. The second-order valence-corrected chi connectivity index (χ2v) is 11.3. The zero-order chi connectivity index (χ0) is 23.1. The highest BCUT2D eigenvalue weighted by Crippen LogP contribution is 2.35. The number of H-pyrrole nitrogens is 1. The van der Waals surface area contributed by atoms with Gasteiger partial charge in [0.1, 0.15) is 10.7 Å². The second kappa shape index (κ2) is 8.09. The highest BCUT2D eigenvalue weighted by molar-refractivity contribution is 7.92. The Bertz CT molecular complexity index is 1500. The molecule has 0 atom stereocenters. The minimum atomic E-state index is -3.95. The number of nitrogens with one attached hydrogen (secondary N) is 3. The van der Waals surface area contributed by atoms with E-state index in [4.69, 9.17) is 0 Å². The van der Waals surface area contributed by atoms with E-state index in [1.54, 1.807) is 48.5 Å². The van der Waals surface area contributed by atoms with Crippen LogP contribution in [0.25, 0.3) is 10.9 Å². The van der Waals surface area contributed by atoms with E-state index >= 15 is 0 Å². The Kier molecular flexibility index (Phi) is 5.58. The van der Waals surface area contributed by atoms with E-state index in [0.717, 1.165) is 16.7 Å². The maximum Gasteiger partial charge on any atom is 0.257 e. The summed E-state index contributed by atoms with van der Waals surface area (Å²) in [5, 5.41) is 0.475. The van der Waals surface area contributed by atoms with E-state index in [9.17, 15) is 16.8 Å². The van der Waals surface area contributed by atoms with Gasteiger partial charge in [-0.15, -0.1) is 4.83 Å². The molecule has 3 N–H and O–H groups in total. The molecule has 166 valence electrons. The van der Waals surface area contributed by atoms with Gasteiger partial charge in [-0.25, -0.2) is 16.8 Å². The smallest absolute Gasteiger partial charge is 0.257 e. The van der Waals surface area contributed by atoms with Crippen molar-refractivity contribution in [3.05, 3.63) is 83.4 Å². The number of hydrogen-bond donors (Lipinski definition) is 3. The summed E-state index contributed by atoms with van der Waals surface area (Å²) in [5.74, 6) is 0.0434. The standard InChI is InChI=1S/C23H23N3O4S2/c1-15-4-9-18(10-5-15)31(27,28)22-20-14-17(3)8-13-21(20)24-23(22)25-26-32(29,30)19-11-6-16(2)7-12-19/h4-14,24-26H,1-3H3. The summed E-state index contributed by atoms with van der Waals surface area (Å²) in [4.78, 5) is 5.44. The summed E-state index contributed by atoms with van der Waals surface area (Å²) >= 11 is 0. The van der Waals surface area contributed by atoms with Crippen LogP contribution >= 0.6 is 0 Å². The SMILES string of the molecule is Cc1ccc(S(=O)(=O)NNc2[nH]c3ccc(C)cc3c2S(=O)(=O)c2ccc(C)cc2)cc1. The number of sulfone groups is 1. The van der Waals surface area contributed by atoms with E-state index in [2.05, 4.69) is 15.2 Å². The summed E-state index contributed by atoms with van der Waals surface area (Å²) in [6.45, 7) is 5.59. The van der Waals surface area contributed by atoms with Crippen LogP contribution in [-0.2, 0) is 19.9 Å². The van der Waals surface area contributed by atoms with Crippen molar-refractivity contribution in [1.29, 1.82) is 0 Å². The lowest BCUT2D eigenvalue weighted by Gasteiger charge is -2.11. The van der Waals surface area contributed by atoms with Crippen molar-refractivity contribution in [3.8, 4) is 0 Å². The summed E-state index contributed by atoms with van der Waals surface area (Å²) in [7, 11) is -7.88. The van der Waals surface area contributed by atoms with Gasteiger partial charge in [0.25, 0.3) is 10.0 Å². The minimum absolute atomic E-state index is 0.0216. The number of aromatic nitrogens is 1. The van der Waals surface area contributed by atoms with E-state index in [-0.39, 0.29) is 20.5 Å². The van der Waals surface area contributed by atoms with Gasteiger partial charge in [-0.2, -0.15) is 0 Å². The third kappa shape index (κ3) is 4.14. The van der Waals surface area contributed by atoms with Gasteiger partial charge in [0.15, 0.2) is 0 Å². The number of sulfonamides is 1. The van der Waals surface area contributed by atoms with Crippen molar-refractivity contribution in [2.45, 2.75) is 35.5 Å². The van der Waals surface area contributed by atoms with E-state index in [1.807, 2.05) is 26.8 Å². The highest BCUT2D eigenvalue weighted by Gasteiger charge is 2.27. The molecule has 1 heterocycles. The quantitative estimate of drug-likeness (QED) is 0.366. The number of aryl methyl sites for hydroxylation is 3. The maximum atomic E-state index is 13.5. The summed E-state index contributed by atoms with van der Waals surface area (Å²) < 4.78 is 52.5. The number of aromatic amines is 1. The third-order valence-corrected chi connectivity index (χ3v) is 8.27. The monoisotopic (exact) mass is 469 g/mol. The fourth-order valence-corrected chi connectivity index (χ4v) is 5.79. The molecule has 4 rings (SSSR count). The van der Waals surface area contributed by atoms with Crippen molar-refractivity contribution in [2.75, 3.05) is 5.43 Å². The molecule has 3 aromatic carbocycles. The molecule has 0 aliphatic heterocycles. The lowest BCUT2D eigenvalue weighted by Crippen LogP contribution is -2.30. The first kappa shape index (κ1) is 22.1. The van der Waals surface area contributed by atoms with Crippen LogP contribution in [0.4, 0.5) is 5.82 Å². The lowest BCUT2D eigenvalue weighted by atomic mass is 10.2. The van der Waals surface area contributed by atoms with Gasteiger partial charge >= 0.3 is 0 Å².